The third-order valence-electron chi connectivity index (χ3n) is 3.02. The Bertz CT molecular complexity index is 442. The second kappa shape index (κ2) is 5.69. The van der Waals surface area contributed by atoms with Gasteiger partial charge in [0.1, 0.15) is 0 Å². The van der Waals surface area contributed by atoms with Crippen LogP contribution in [0.15, 0.2) is 42.5 Å². The van der Waals surface area contributed by atoms with Crippen molar-refractivity contribution in [1.82, 2.24) is 0 Å². The summed E-state index contributed by atoms with van der Waals surface area (Å²) in [5.41, 5.74) is 1.47. The lowest BCUT2D eigenvalue weighted by atomic mass is 10.0. The maximum absolute atomic E-state index is 2.32. The molecule has 0 heterocycles. The normalized spacial score (nSPS) is 10.8. The molecule has 0 amide bonds. The summed E-state index contributed by atoms with van der Waals surface area (Å²) in [6.45, 7) is 2.13. The lowest BCUT2D eigenvalue weighted by molar-refractivity contribution is 0.727. The molecule has 0 aliphatic rings. The van der Waals surface area contributed by atoms with Gasteiger partial charge in [-0.2, -0.15) is 0 Å². The molecule has 0 bridgehead atoms. The van der Waals surface area contributed by atoms with Crippen LogP contribution < -0.4 is 0 Å². The van der Waals surface area contributed by atoms with Gasteiger partial charge in [-0.05, 0) is 35.6 Å². The predicted molar refractivity (Wildman–Crippen MR) is 71.5 cm³/mol. The predicted octanol–water partition coefficient (Wildman–Crippen LogP) is 4.78. The fourth-order valence-corrected chi connectivity index (χ4v) is 2.07. The Kier molecular flexibility index (Phi) is 3.98. The number of unbranched alkanes of at least 4 members (excludes halogenated alkanes) is 3. The number of fused-ring (bicyclic) bond motifs is 1. The van der Waals surface area contributed by atoms with E-state index in [2.05, 4.69) is 55.8 Å². The average Bonchev–Trinajstić information content (AvgIpc) is 2.34. The highest BCUT2D eigenvalue weighted by molar-refractivity contribution is 5.82. The van der Waals surface area contributed by atoms with Gasteiger partial charge in [0, 0.05) is 0 Å². The molecule has 16 heavy (non-hydrogen) atoms. The fraction of sp³-hybridized carbons (Fsp3) is 0.312. The van der Waals surface area contributed by atoms with E-state index in [0.717, 1.165) is 0 Å². The van der Waals surface area contributed by atoms with Crippen LogP contribution in [0.3, 0.4) is 0 Å². The third-order valence-corrected chi connectivity index (χ3v) is 3.02. The van der Waals surface area contributed by atoms with Gasteiger partial charge in [0.05, 0.1) is 0 Å². The number of benzene rings is 2. The molecule has 0 atom stereocenters. The zero-order chi connectivity index (χ0) is 11.2. The first-order chi connectivity index (χ1) is 7.90. The summed E-state index contributed by atoms with van der Waals surface area (Å²) in [4.78, 5) is 0. The molecule has 2 rings (SSSR count). The Hall–Kier alpha value is -1.30. The molecule has 0 aromatic heterocycles. The first kappa shape index (κ1) is 11.2. The maximum Gasteiger partial charge on any atom is -0.0181 e. The summed E-state index contributed by atoms with van der Waals surface area (Å²) in [7, 11) is 0. The van der Waals surface area contributed by atoms with Crippen molar-refractivity contribution in [3.63, 3.8) is 0 Å². The second-order valence-electron chi connectivity index (χ2n) is 4.34. The molecule has 0 heteroatoms. The van der Waals surface area contributed by atoms with Crippen molar-refractivity contribution in [2.75, 3.05) is 0 Å². The lowest BCUT2D eigenvalue weighted by Crippen LogP contribution is -1.86. The Morgan fingerprint density at radius 2 is 1.75 bits per heavy atom. The number of hydrogen-bond acceptors (Lipinski definition) is 0. The molecule has 0 nitrogen and oxygen atoms in total. The average molecular weight is 211 g/mol. The topological polar surface area (TPSA) is 0 Å². The smallest absolute Gasteiger partial charge is 0.0181 e. The van der Waals surface area contributed by atoms with Crippen LogP contribution in [0.1, 0.15) is 31.7 Å². The molecule has 0 unspecified atom stereocenters. The Morgan fingerprint density at radius 3 is 2.56 bits per heavy atom. The Balaban J connectivity index is 2.02. The van der Waals surface area contributed by atoms with Gasteiger partial charge in [-0.3, -0.25) is 0 Å². The van der Waals surface area contributed by atoms with Crippen LogP contribution in [0.2, 0.25) is 0 Å². The van der Waals surface area contributed by atoms with Gasteiger partial charge in [0.15, 0.2) is 0 Å². The van der Waals surface area contributed by atoms with Crippen molar-refractivity contribution in [3.05, 3.63) is 54.4 Å². The third kappa shape index (κ3) is 2.85. The van der Waals surface area contributed by atoms with E-state index in [9.17, 15) is 0 Å². The molecule has 0 N–H and O–H groups in total. The van der Waals surface area contributed by atoms with Crippen molar-refractivity contribution in [2.24, 2.45) is 0 Å². The van der Waals surface area contributed by atoms with E-state index in [1.54, 1.807) is 0 Å². The molecule has 0 fully saturated rings. The van der Waals surface area contributed by atoms with Gasteiger partial charge >= 0.3 is 0 Å². The van der Waals surface area contributed by atoms with Crippen LogP contribution in [0.5, 0.6) is 0 Å². The fourth-order valence-electron chi connectivity index (χ4n) is 2.07. The van der Waals surface area contributed by atoms with Crippen LogP contribution >= 0.6 is 0 Å². The maximum atomic E-state index is 2.32. The van der Waals surface area contributed by atoms with Gasteiger partial charge in [-0.15, -0.1) is 0 Å². The molecule has 1 radical (unpaired) electrons. The summed E-state index contributed by atoms with van der Waals surface area (Å²) in [5, 5.41) is 2.70. The van der Waals surface area contributed by atoms with Crippen LogP contribution in [0.25, 0.3) is 10.8 Å². The Morgan fingerprint density at radius 1 is 0.938 bits per heavy atom. The molecule has 0 saturated carbocycles. The summed E-state index contributed by atoms with van der Waals surface area (Å²) in [5.74, 6) is 0. The van der Waals surface area contributed by atoms with Crippen LogP contribution in [-0.4, -0.2) is 0 Å². The van der Waals surface area contributed by atoms with Gasteiger partial charge in [-0.25, -0.2) is 0 Å². The molecule has 2 aromatic rings. The number of hydrogen-bond donors (Lipinski definition) is 0. The van der Waals surface area contributed by atoms with Crippen molar-refractivity contribution >= 4 is 10.8 Å². The van der Waals surface area contributed by atoms with E-state index in [4.69, 9.17) is 0 Å². The summed E-state index contributed by atoms with van der Waals surface area (Å²) >= 11 is 0. The van der Waals surface area contributed by atoms with Crippen LogP contribution in [-0.2, 0) is 6.42 Å². The molecular weight excluding hydrogens is 192 g/mol. The summed E-state index contributed by atoms with van der Waals surface area (Å²) < 4.78 is 0. The SMILES string of the molecule is C[CH]CCCCc1ccc2ccccc2c1. The monoisotopic (exact) mass is 211 g/mol. The minimum atomic E-state index is 1.21. The van der Waals surface area contributed by atoms with E-state index in [1.165, 1.54) is 42.0 Å². The summed E-state index contributed by atoms with van der Waals surface area (Å²) in [6.07, 6.45) is 7.30. The van der Waals surface area contributed by atoms with E-state index < -0.39 is 0 Å². The van der Waals surface area contributed by atoms with Crippen molar-refractivity contribution in [2.45, 2.75) is 32.6 Å². The number of rotatable bonds is 5. The quantitative estimate of drug-likeness (QED) is 0.624. The minimum Gasteiger partial charge on any atom is -0.0623 e. The minimum absolute atomic E-state index is 1.21. The van der Waals surface area contributed by atoms with E-state index in [1.807, 2.05) is 0 Å². The van der Waals surface area contributed by atoms with E-state index >= 15 is 0 Å². The van der Waals surface area contributed by atoms with Crippen molar-refractivity contribution < 1.29 is 0 Å². The van der Waals surface area contributed by atoms with Gasteiger partial charge in [0.25, 0.3) is 0 Å². The molecule has 83 valence electrons. The molecule has 0 saturated heterocycles. The highest BCUT2D eigenvalue weighted by atomic mass is 14.0. The largest absolute Gasteiger partial charge is 0.0623 e. The summed E-state index contributed by atoms with van der Waals surface area (Å²) in [6, 6.07) is 15.4. The molecule has 2 aromatic carbocycles. The lowest BCUT2D eigenvalue weighted by Gasteiger charge is -2.03. The van der Waals surface area contributed by atoms with Crippen LogP contribution in [0.4, 0.5) is 0 Å². The van der Waals surface area contributed by atoms with Gasteiger partial charge in [-0.1, -0.05) is 62.2 Å². The zero-order valence-corrected chi connectivity index (χ0v) is 9.95. The van der Waals surface area contributed by atoms with Gasteiger partial charge in [0.2, 0.25) is 0 Å². The molecule has 0 aliphatic heterocycles. The van der Waals surface area contributed by atoms with E-state index in [0.29, 0.717) is 0 Å². The standard InChI is InChI=1S/C16H19/c1-2-3-4-5-8-14-11-12-15-9-6-7-10-16(15)13-14/h2,6-7,9-13H,3-5,8H2,1H3. The van der Waals surface area contributed by atoms with Gasteiger partial charge < -0.3 is 0 Å². The zero-order valence-electron chi connectivity index (χ0n) is 9.95. The van der Waals surface area contributed by atoms with Crippen molar-refractivity contribution in [3.8, 4) is 0 Å². The highest BCUT2D eigenvalue weighted by Crippen LogP contribution is 2.17. The number of aryl methyl sites for hydroxylation is 1. The molecule has 0 aliphatic carbocycles. The van der Waals surface area contributed by atoms with Crippen molar-refractivity contribution in [1.29, 1.82) is 0 Å². The molecule has 0 spiro atoms. The first-order valence-electron chi connectivity index (χ1n) is 6.15. The van der Waals surface area contributed by atoms with E-state index in [-0.39, 0.29) is 0 Å². The Labute approximate surface area is 98.3 Å². The van der Waals surface area contributed by atoms with Crippen LogP contribution in [0, 0.1) is 6.42 Å². The second-order valence-corrected chi connectivity index (χ2v) is 4.34. The first-order valence-corrected chi connectivity index (χ1v) is 6.15. The highest BCUT2D eigenvalue weighted by Gasteiger charge is 1.96. The molecular formula is C16H19.